The summed E-state index contributed by atoms with van der Waals surface area (Å²) in [6.45, 7) is 0.383. The first-order valence-electron chi connectivity index (χ1n) is 9.17. The molecule has 3 aromatic carbocycles. The molecule has 0 unspecified atom stereocenters. The predicted molar refractivity (Wildman–Crippen MR) is 117 cm³/mol. The first-order valence-corrected chi connectivity index (χ1v) is 9.55. The van der Waals surface area contributed by atoms with Crippen LogP contribution in [0.25, 0.3) is 23.2 Å². The van der Waals surface area contributed by atoms with Crippen LogP contribution in [0.15, 0.2) is 72.8 Å². The van der Waals surface area contributed by atoms with Crippen LogP contribution in [0.5, 0.6) is 11.6 Å². The minimum atomic E-state index is 0.383. The van der Waals surface area contributed by atoms with Crippen molar-refractivity contribution in [3.8, 4) is 11.6 Å². The van der Waals surface area contributed by atoms with Crippen LogP contribution in [-0.4, -0.2) is 17.1 Å². The van der Waals surface area contributed by atoms with E-state index in [9.17, 15) is 0 Å². The zero-order chi connectivity index (χ0) is 20.1. The molecular weight excluding hydrogens is 384 g/mol. The normalized spacial score (nSPS) is 11.1. The minimum absolute atomic E-state index is 0.383. The molecule has 0 saturated heterocycles. The molecule has 0 aliphatic rings. The molecule has 0 aliphatic heterocycles. The molecule has 0 fully saturated rings. The Morgan fingerprint density at radius 3 is 2.21 bits per heavy atom. The topological polar surface area (TPSA) is 44.2 Å². The molecule has 0 aliphatic carbocycles. The number of ether oxygens (including phenoxy) is 2. The Kier molecular flexibility index (Phi) is 5.73. The SMILES string of the molecule is COc1ccc(/C=C\c2nc3ccccc3nc2OCc2ccc(Cl)cc2)cc1. The fourth-order valence-electron chi connectivity index (χ4n) is 2.83. The highest BCUT2D eigenvalue weighted by Crippen LogP contribution is 2.23. The fraction of sp³-hybridized carbons (Fsp3) is 0.0833. The van der Waals surface area contributed by atoms with Gasteiger partial charge in [-0.15, -0.1) is 0 Å². The Labute approximate surface area is 174 Å². The number of nitrogens with zero attached hydrogens (tertiary/aromatic N) is 2. The number of halogens is 1. The van der Waals surface area contributed by atoms with E-state index in [0.29, 0.717) is 23.2 Å². The summed E-state index contributed by atoms with van der Waals surface area (Å²) in [7, 11) is 1.65. The van der Waals surface area contributed by atoms with Crippen molar-refractivity contribution < 1.29 is 9.47 Å². The molecule has 29 heavy (non-hydrogen) atoms. The Morgan fingerprint density at radius 2 is 1.52 bits per heavy atom. The summed E-state index contributed by atoms with van der Waals surface area (Å²) in [4.78, 5) is 9.40. The van der Waals surface area contributed by atoms with Crippen LogP contribution in [0.1, 0.15) is 16.8 Å². The number of hydrogen-bond acceptors (Lipinski definition) is 4. The zero-order valence-electron chi connectivity index (χ0n) is 15.9. The molecule has 0 bridgehead atoms. The number of fused-ring (bicyclic) bond motifs is 1. The van der Waals surface area contributed by atoms with Crippen LogP contribution in [-0.2, 0) is 6.61 Å². The molecule has 1 heterocycles. The van der Waals surface area contributed by atoms with E-state index in [4.69, 9.17) is 26.1 Å². The number of aromatic nitrogens is 2. The lowest BCUT2D eigenvalue weighted by Crippen LogP contribution is -2.01. The van der Waals surface area contributed by atoms with Gasteiger partial charge in [-0.25, -0.2) is 9.97 Å². The molecule has 4 nitrogen and oxygen atoms in total. The third kappa shape index (κ3) is 4.73. The smallest absolute Gasteiger partial charge is 0.240 e. The summed E-state index contributed by atoms with van der Waals surface area (Å²) >= 11 is 5.96. The van der Waals surface area contributed by atoms with Gasteiger partial charge in [-0.05, 0) is 53.6 Å². The highest BCUT2D eigenvalue weighted by molar-refractivity contribution is 6.30. The van der Waals surface area contributed by atoms with E-state index < -0.39 is 0 Å². The zero-order valence-corrected chi connectivity index (χ0v) is 16.6. The third-order valence-corrected chi connectivity index (χ3v) is 4.65. The number of benzene rings is 3. The molecule has 0 N–H and O–H groups in total. The first kappa shape index (κ1) is 19.0. The molecule has 0 saturated carbocycles. The van der Waals surface area contributed by atoms with Crippen molar-refractivity contribution in [1.29, 1.82) is 0 Å². The lowest BCUT2D eigenvalue weighted by Gasteiger charge is -2.09. The van der Waals surface area contributed by atoms with E-state index in [0.717, 1.165) is 27.9 Å². The van der Waals surface area contributed by atoms with E-state index >= 15 is 0 Å². The maximum Gasteiger partial charge on any atom is 0.240 e. The molecule has 4 rings (SSSR count). The third-order valence-electron chi connectivity index (χ3n) is 4.40. The van der Waals surface area contributed by atoms with Gasteiger partial charge in [0.1, 0.15) is 18.1 Å². The Morgan fingerprint density at radius 1 is 0.828 bits per heavy atom. The van der Waals surface area contributed by atoms with Crippen molar-refractivity contribution >= 4 is 34.8 Å². The van der Waals surface area contributed by atoms with Gasteiger partial charge >= 0.3 is 0 Å². The second-order valence-electron chi connectivity index (χ2n) is 6.42. The molecule has 1 aromatic heterocycles. The fourth-order valence-corrected chi connectivity index (χ4v) is 2.96. The van der Waals surface area contributed by atoms with Gasteiger partial charge in [-0.1, -0.05) is 54.1 Å². The van der Waals surface area contributed by atoms with Gasteiger partial charge in [0.15, 0.2) is 0 Å². The molecule has 4 aromatic rings. The van der Waals surface area contributed by atoms with E-state index in [-0.39, 0.29) is 0 Å². The van der Waals surface area contributed by atoms with Gasteiger partial charge in [-0.3, -0.25) is 0 Å². The highest BCUT2D eigenvalue weighted by atomic mass is 35.5. The predicted octanol–water partition coefficient (Wildman–Crippen LogP) is 6.04. The largest absolute Gasteiger partial charge is 0.497 e. The molecule has 5 heteroatoms. The van der Waals surface area contributed by atoms with Crippen LogP contribution < -0.4 is 9.47 Å². The van der Waals surface area contributed by atoms with Crippen LogP contribution in [0, 0.1) is 0 Å². The minimum Gasteiger partial charge on any atom is -0.497 e. The number of para-hydroxylation sites is 2. The van der Waals surface area contributed by atoms with E-state index in [1.807, 2.05) is 84.9 Å². The molecule has 144 valence electrons. The Bertz CT molecular complexity index is 1140. The van der Waals surface area contributed by atoms with Crippen molar-refractivity contribution in [3.05, 3.63) is 94.6 Å². The summed E-state index contributed by atoms with van der Waals surface area (Å²) < 4.78 is 11.2. The standard InChI is InChI=1S/C24H19ClN2O2/c1-28-20-13-8-17(9-14-20)10-15-23-24(27-22-5-3-2-4-21(22)26-23)29-16-18-6-11-19(25)12-7-18/h2-15H,16H2,1H3/b15-10-. The molecule has 0 atom stereocenters. The van der Waals surface area contributed by atoms with Crippen LogP contribution in [0.4, 0.5) is 0 Å². The average Bonchev–Trinajstić information content (AvgIpc) is 2.77. The molecular formula is C24H19ClN2O2. The van der Waals surface area contributed by atoms with Crippen molar-refractivity contribution in [1.82, 2.24) is 9.97 Å². The summed E-state index contributed by atoms with van der Waals surface area (Å²) in [5, 5.41) is 0.697. The maximum atomic E-state index is 6.01. The van der Waals surface area contributed by atoms with Crippen molar-refractivity contribution in [2.45, 2.75) is 6.61 Å². The second-order valence-corrected chi connectivity index (χ2v) is 6.86. The summed E-state index contributed by atoms with van der Waals surface area (Å²) in [5.41, 5.74) is 4.33. The Balaban J connectivity index is 1.63. The van der Waals surface area contributed by atoms with Gasteiger partial charge < -0.3 is 9.47 Å². The van der Waals surface area contributed by atoms with Gasteiger partial charge in [0.25, 0.3) is 0 Å². The van der Waals surface area contributed by atoms with E-state index in [1.54, 1.807) is 7.11 Å². The summed E-state index contributed by atoms with van der Waals surface area (Å²) in [5.74, 6) is 1.31. The molecule has 0 amide bonds. The number of rotatable bonds is 6. The van der Waals surface area contributed by atoms with E-state index in [2.05, 4.69) is 4.98 Å². The van der Waals surface area contributed by atoms with Crippen molar-refractivity contribution in [2.24, 2.45) is 0 Å². The second kappa shape index (κ2) is 8.76. The summed E-state index contributed by atoms with van der Waals surface area (Å²) in [6, 6.07) is 23.1. The van der Waals surface area contributed by atoms with Gasteiger partial charge in [0, 0.05) is 5.02 Å². The van der Waals surface area contributed by atoms with E-state index in [1.165, 1.54) is 0 Å². The maximum absolute atomic E-state index is 6.01. The van der Waals surface area contributed by atoms with Crippen LogP contribution in [0.2, 0.25) is 5.02 Å². The van der Waals surface area contributed by atoms with Crippen LogP contribution in [0.3, 0.4) is 0 Å². The highest BCUT2D eigenvalue weighted by Gasteiger charge is 2.08. The molecule has 0 spiro atoms. The lowest BCUT2D eigenvalue weighted by atomic mass is 10.2. The van der Waals surface area contributed by atoms with Crippen molar-refractivity contribution in [2.75, 3.05) is 7.11 Å². The quantitative estimate of drug-likeness (QED) is 0.394. The first-order chi connectivity index (χ1) is 14.2. The van der Waals surface area contributed by atoms with Crippen molar-refractivity contribution in [3.63, 3.8) is 0 Å². The lowest BCUT2D eigenvalue weighted by molar-refractivity contribution is 0.293. The number of hydrogen-bond donors (Lipinski definition) is 0. The van der Waals surface area contributed by atoms with Gasteiger partial charge in [0.05, 0.1) is 18.1 Å². The van der Waals surface area contributed by atoms with Gasteiger partial charge in [-0.2, -0.15) is 0 Å². The monoisotopic (exact) mass is 402 g/mol. The molecule has 0 radical (unpaired) electrons. The number of methoxy groups -OCH3 is 1. The summed E-state index contributed by atoms with van der Waals surface area (Å²) in [6.07, 6.45) is 3.89. The van der Waals surface area contributed by atoms with Crippen LogP contribution >= 0.6 is 11.6 Å². The van der Waals surface area contributed by atoms with Gasteiger partial charge in [0.2, 0.25) is 5.88 Å². The Hall–Kier alpha value is -3.37. The average molecular weight is 403 g/mol.